The van der Waals surface area contributed by atoms with Crippen molar-refractivity contribution in [2.45, 2.75) is 32.8 Å². The number of carbonyl (C=O) groups excluding carboxylic acids is 4. The Hall–Kier alpha value is -3.01. The zero-order valence-corrected chi connectivity index (χ0v) is 18.7. The predicted octanol–water partition coefficient (Wildman–Crippen LogP) is 3.17. The standard InChI is InChI=1S/C21H26N2O7S/c1-21(2,3)30-20(27)22-15-8-5-7-14(11-15)19(26)29-10-6-9-23-16(24)13-31-17(23)12-18(25)28-4/h5,7-8,11-12H,6,9-10,13H2,1-4H3,(H,22,27)/b17-12-. The highest BCUT2D eigenvalue weighted by Gasteiger charge is 2.27. The quantitative estimate of drug-likeness (QED) is 0.292. The molecular formula is C21H26N2O7S. The maximum atomic E-state index is 12.3. The van der Waals surface area contributed by atoms with E-state index in [0.717, 1.165) is 0 Å². The molecule has 2 amide bonds. The van der Waals surface area contributed by atoms with E-state index in [1.54, 1.807) is 39.0 Å². The Balaban J connectivity index is 1.85. The van der Waals surface area contributed by atoms with Crippen molar-refractivity contribution in [3.05, 3.63) is 40.9 Å². The molecule has 1 fully saturated rings. The second-order valence-electron chi connectivity index (χ2n) is 7.54. The molecule has 168 valence electrons. The molecule has 0 aromatic heterocycles. The molecule has 0 spiro atoms. The van der Waals surface area contributed by atoms with Gasteiger partial charge in [0.25, 0.3) is 0 Å². The maximum absolute atomic E-state index is 12.3. The number of methoxy groups -OCH3 is 1. The lowest BCUT2D eigenvalue weighted by atomic mass is 10.2. The highest BCUT2D eigenvalue weighted by Crippen LogP contribution is 2.28. The third-order valence-corrected chi connectivity index (χ3v) is 4.88. The summed E-state index contributed by atoms with van der Waals surface area (Å²) in [5.41, 5.74) is 0.0375. The van der Waals surface area contributed by atoms with E-state index in [4.69, 9.17) is 9.47 Å². The van der Waals surface area contributed by atoms with Gasteiger partial charge in [-0.25, -0.2) is 14.4 Å². The average Bonchev–Trinajstić information content (AvgIpc) is 3.03. The van der Waals surface area contributed by atoms with E-state index in [1.807, 2.05) is 0 Å². The Morgan fingerprint density at radius 2 is 2.00 bits per heavy atom. The minimum absolute atomic E-state index is 0.0858. The Kier molecular flexibility index (Phi) is 8.49. The number of nitrogens with zero attached hydrogens (tertiary/aromatic N) is 1. The van der Waals surface area contributed by atoms with Gasteiger partial charge in [0.1, 0.15) is 5.60 Å². The lowest BCUT2D eigenvalue weighted by Crippen LogP contribution is -2.27. The summed E-state index contributed by atoms with van der Waals surface area (Å²) in [6.07, 6.45) is 1.04. The predicted molar refractivity (Wildman–Crippen MR) is 115 cm³/mol. The smallest absolute Gasteiger partial charge is 0.412 e. The van der Waals surface area contributed by atoms with Crippen LogP contribution in [0.25, 0.3) is 0 Å². The molecule has 1 N–H and O–H groups in total. The Morgan fingerprint density at radius 3 is 2.68 bits per heavy atom. The summed E-state index contributed by atoms with van der Waals surface area (Å²) < 4.78 is 15.0. The molecule has 9 nitrogen and oxygen atoms in total. The van der Waals surface area contributed by atoms with E-state index >= 15 is 0 Å². The van der Waals surface area contributed by atoms with Gasteiger partial charge in [-0.3, -0.25) is 10.1 Å². The third-order valence-electron chi connectivity index (χ3n) is 3.86. The lowest BCUT2D eigenvalue weighted by molar-refractivity contribution is -0.134. The molecule has 31 heavy (non-hydrogen) atoms. The number of benzene rings is 1. The number of nitrogens with one attached hydrogen (secondary N) is 1. The maximum Gasteiger partial charge on any atom is 0.412 e. The average molecular weight is 451 g/mol. The van der Waals surface area contributed by atoms with Gasteiger partial charge in [-0.1, -0.05) is 17.8 Å². The first kappa shape index (κ1) is 24.3. The molecule has 0 saturated carbocycles. The van der Waals surface area contributed by atoms with E-state index in [1.165, 1.54) is 35.9 Å². The SMILES string of the molecule is COC(=O)/C=C1\SCC(=O)N1CCCOC(=O)c1cccc(NC(=O)OC(C)(C)C)c1. The highest BCUT2D eigenvalue weighted by molar-refractivity contribution is 8.04. The topological polar surface area (TPSA) is 111 Å². The Labute approximate surface area is 185 Å². The molecule has 10 heteroatoms. The first-order valence-corrected chi connectivity index (χ1v) is 10.6. The number of ether oxygens (including phenoxy) is 3. The largest absolute Gasteiger partial charge is 0.466 e. The number of rotatable bonds is 7. The van der Waals surface area contributed by atoms with Crippen molar-refractivity contribution < 1.29 is 33.4 Å². The molecule has 0 atom stereocenters. The van der Waals surface area contributed by atoms with E-state index < -0.39 is 23.6 Å². The van der Waals surface area contributed by atoms with Gasteiger partial charge in [-0.2, -0.15) is 0 Å². The van der Waals surface area contributed by atoms with Crippen LogP contribution in [0.2, 0.25) is 0 Å². The van der Waals surface area contributed by atoms with Crippen molar-refractivity contribution in [2.24, 2.45) is 0 Å². The summed E-state index contributed by atoms with van der Waals surface area (Å²) in [5, 5.41) is 3.09. The molecule has 1 saturated heterocycles. The fourth-order valence-corrected chi connectivity index (χ4v) is 3.50. The number of hydrogen-bond donors (Lipinski definition) is 1. The summed E-state index contributed by atoms with van der Waals surface area (Å²) in [6.45, 7) is 5.65. The van der Waals surface area contributed by atoms with E-state index in [9.17, 15) is 19.2 Å². The van der Waals surface area contributed by atoms with E-state index in [0.29, 0.717) is 23.7 Å². The van der Waals surface area contributed by atoms with Gasteiger partial charge in [0.15, 0.2) is 0 Å². The van der Waals surface area contributed by atoms with E-state index in [2.05, 4.69) is 10.1 Å². The second-order valence-corrected chi connectivity index (χ2v) is 8.53. The minimum atomic E-state index is -0.637. The van der Waals surface area contributed by atoms with Crippen LogP contribution >= 0.6 is 11.8 Å². The number of esters is 2. The number of anilines is 1. The van der Waals surface area contributed by atoms with Crippen LogP contribution < -0.4 is 5.32 Å². The van der Waals surface area contributed by atoms with Crippen LogP contribution in [0, 0.1) is 0 Å². The highest BCUT2D eigenvalue weighted by atomic mass is 32.2. The first-order chi connectivity index (χ1) is 14.6. The summed E-state index contributed by atoms with van der Waals surface area (Å²) in [4.78, 5) is 49.0. The summed E-state index contributed by atoms with van der Waals surface area (Å²) in [7, 11) is 1.27. The van der Waals surface area contributed by atoms with Crippen LogP contribution in [-0.4, -0.2) is 60.5 Å². The Bertz CT molecular complexity index is 877. The normalized spacial score (nSPS) is 15.0. The zero-order valence-electron chi connectivity index (χ0n) is 17.9. The van der Waals surface area contributed by atoms with Crippen LogP contribution in [0.3, 0.4) is 0 Å². The molecule has 1 aliphatic rings. The van der Waals surface area contributed by atoms with Crippen molar-refractivity contribution in [2.75, 3.05) is 31.3 Å². The van der Waals surface area contributed by atoms with Crippen molar-refractivity contribution in [1.29, 1.82) is 0 Å². The minimum Gasteiger partial charge on any atom is -0.466 e. The molecule has 1 heterocycles. The van der Waals surface area contributed by atoms with Gasteiger partial charge < -0.3 is 19.1 Å². The molecule has 0 radical (unpaired) electrons. The van der Waals surface area contributed by atoms with Crippen molar-refractivity contribution in [1.82, 2.24) is 4.90 Å². The molecule has 2 rings (SSSR count). The van der Waals surface area contributed by atoms with Crippen molar-refractivity contribution in [3.8, 4) is 0 Å². The molecule has 1 aliphatic heterocycles. The van der Waals surface area contributed by atoms with Gasteiger partial charge in [0.05, 0.1) is 36.1 Å². The van der Waals surface area contributed by atoms with Crippen LogP contribution in [0.15, 0.2) is 35.4 Å². The lowest BCUT2D eigenvalue weighted by Gasteiger charge is -2.19. The zero-order chi connectivity index (χ0) is 23.0. The van der Waals surface area contributed by atoms with Gasteiger partial charge in [0.2, 0.25) is 5.91 Å². The summed E-state index contributed by atoms with van der Waals surface area (Å²) in [6, 6.07) is 6.31. The van der Waals surface area contributed by atoms with Crippen LogP contribution in [-0.2, 0) is 23.8 Å². The van der Waals surface area contributed by atoms with Gasteiger partial charge in [-0.15, -0.1) is 0 Å². The number of carbonyl (C=O) groups is 4. The van der Waals surface area contributed by atoms with Gasteiger partial charge in [-0.05, 0) is 45.4 Å². The monoisotopic (exact) mass is 450 g/mol. The fourth-order valence-electron chi connectivity index (χ4n) is 2.54. The van der Waals surface area contributed by atoms with Gasteiger partial charge in [0, 0.05) is 12.2 Å². The van der Waals surface area contributed by atoms with Crippen molar-refractivity contribution >= 4 is 41.4 Å². The number of thioether (sulfide) groups is 1. The van der Waals surface area contributed by atoms with E-state index in [-0.39, 0.29) is 23.8 Å². The molecule has 0 aliphatic carbocycles. The van der Waals surface area contributed by atoms with Crippen LogP contribution in [0.5, 0.6) is 0 Å². The second kappa shape index (κ2) is 10.9. The third kappa shape index (κ3) is 7.97. The molecular weight excluding hydrogens is 424 g/mol. The van der Waals surface area contributed by atoms with Crippen molar-refractivity contribution in [3.63, 3.8) is 0 Å². The van der Waals surface area contributed by atoms with Crippen LogP contribution in [0.4, 0.5) is 10.5 Å². The first-order valence-electron chi connectivity index (χ1n) is 9.59. The van der Waals surface area contributed by atoms with Gasteiger partial charge >= 0.3 is 18.0 Å². The number of hydrogen-bond acceptors (Lipinski definition) is 8. The molecule has 0 unspecified atom stereocenters. The molecule has 1 aromatic carbocycles. The number of amides is 2. The molecule has 0 bridgehead atoms. The molecule has 1 aromatic rings. The fraction of sp³-hybridized carbons (Fsp3) is 0.429. The van der Waals surface area contributed by atoms with Crippen LogP contribution in [0.1, 0.15) is 37.6 Å². The Morgan fingerprint density at radius 1 is 1.26 bits per heavy atom. The summed E-state index contributed by atoms with van der Waals surface area (Å²) >= 11 is 1.26. The summed E-state index contributed by atoms with van der Waals surface area (Å²) in [5.74, 6) is -0.957.